The number of hydrogen-bond acceptors (Lipinski definition) is 2. The maximum Gasteiger partial charge on any atom is 0.235 e. The van der Waals surface area contributed by atoms with Crippen molar-refractivity contribution in [2.45, 2.75) is 84.7 Å². The monoisotopic (exact) mass is 393 g/mol. The first kappa shape index (κ1) is 21.4. The Morgan fingerprint density at radius 3 is 2.17 bits per heavy atom. The van der Waals surface area contributed by atoms with Gasteiger partial charge in [-0.1, -0.05) is 56.0 Å². The maximum absolute atomic E-state index is 13.6. The van der Waals surface area contributed by atoms with Gasteiger partial charge in [-0.3, -0.25) is 4.79 Å². The first-order valence-corrected chi connectivity index (χ1v) is 11.0. The summed E-state index contributed by atoms with van der Waals surface area (Å²) in [4.78, 5) is 13.6. The van der Waals surface area contributed by atoms with Gasteiger partial charge in [0.05, 0.1) is 11.5 Å². The molecule has 3 nitrogen and oxygen atoms in total. The molecule has 0 aliphatic heterocycles. The topological polar surface area (TPSA) is 38.3 Å². The largest absolute Gasteiger partial charge is 0.490 e. The number of carbonyl (C=O) groups excluding carboxylic acids is 1. The second-order valence-corrected chi connectivity index (χ2v) is 8.74. The third kappa shape index (κ3) is 4.66. The van der Waals surface area contributed by atoms with E-state index in [-0.39, 0.29) is 12.0 Å². The second-order valence-electron chi connectivity index (χ2n) is 8.74. The highest BCUT2D eigenvalue weighted by molar-refractivity contribution is 5.99. The van der Waals surface area contributed by atoms with E-state index in [4.69, 9.17) is 4.74 Å². The number of benzene rings is 2. The van der Waals surface area contributed by atoms with Crippen LogP contribution in [0.15, 0.2) is 36.4 Å². The van der Waals surface area contributed by atoms with Crippen molar-refractivity contribution in [1.82, 2.24) is 0 Å². The zero-order valence-corrected chi connectivity index (χ0v) is 18.6. The van der Waals surface area contributed by atoms with Gasteiger partial charge in [0, 0.05) is 5.69 Å². The van der Waals surface area contributed by atoms with Crippen molar-refractivity contribution >= 4 is 11.6 Å². The molecule has 0 heterocycles. The number of amides is 1. The molecule has 3 heteroatoms. The first-order chi connectivity index (χ1) is 13.9. The van der Waals surface area contributed by atoms with Gasteiger partial charge in [0.2, 0.25) is 5.91 Å². The predicted octanol–water partition coefficient (Wildman–Crippen LogP) is 6.63. The van der Waals surface area contributed by atoms with Gasteiger partial charge in [-0.2, -0.15) is 0 Å². The fraction of sp³-hybridized carbons (Fsp3) is 0.500. The lowest BCUT2D eigenvalue weighted by Crippen LogP contribution is -2.42. The average molecular weight is 394 g/mol. The van der Waals surface area contributed by atoms with Gasteiger partial charge in [-0.25, -0.2) is 0 Å². The minimum Gasteiger partial charge on any atom is -0.490 e. The van der Waals surface area contributed by atoms with E-state index in [1.807, 2.05) is 12.1 Å². The maximum atomic E-state index is 13.6. The lowest BCUT2D eigenvalue weighted by molar-refractivity contribution is -0.122. The summed E-state index contributed by atoms with van der Waals surface area (Å²) < 4.78 is 6.09. The lowest BCUT2D eigenvalue weighted by atomic mass is 9.68. The van der Waals surface area contributed by atoms with Crippen molar-refractivity contribution in [2.24, 2.45) is 0 Å². The van der Waals surface area contributed by atoms with Crippen molar-refractivity contribution in [1.29, 1.82) is 0 Å². The number of rotatable bonds is 6. The molecule has 1 N–H and O–H groups in total. The molecular weight excluding hydrogens is 358 g/mol. The Morgan fingerprint density at radius 1 is 1.03 bits per heavy atom. The summed E-state index contributed by atoms with van der Waals surface area (Å²) >= 11 is 0. The first-order valence-electron chi connectivity index (χ1n) is 11.0. The zero-order valence-electron chi connectivity index (χ0n) is 18.6. The Labute approximate surface area is 175 Å². The Morgan fingerprint density at radius 2 is 1.62 bits per heavy atom. The molecule has 1 fully saturated rings. The number of nitrogens with one attached hydrogen (secondary N) is 1. The summed E-state index contributed by atoms with van der Waals surface area (Å²) in [5.41, 5.74) is 4.93. The Bertz CT molecular complexity index is 825. The minimum atomic E-state index is -0.431. The molecule has 0 unspecified atom stereocenters. The standard InChI is InChI=1S/C26H35NO2/c1-6-21(5)29-24-19(3)16-23(17-20(24)4)27-25(28)26(14-8-7-9-15-26)22-12-10-18(2)11-13-22/h10-13,16-17,21H,6-9,14-15H2,1-5H3,(H,27,28)/t21-/m0/s1. The zero-order chi connectivity index (χ0) is 21.0. The van der Waals surface area contributed by atoms with Crippen LogP contribution in [0.25, 0.3) is 0 Å². The van der Waals surface area contributed by atoms with E-state index in [0.29, 0.717) is 0 Å². The summed E-state index contributed by atoms with van der Waals surface area (Å²) in [5, 5.41) is 3.25. The molecular formula is C26H35NO2. The molecule has 29 heavy (non-hydrogen) atoms. The third-order valence-electron chi connectivity index (χ3n) is 6.36. The quantitative estimate of drug-likeness (QED) is 0.598. The van der Waals surface area contributed by atoms with E-state index in [2.05, 4.69) is 64.2 Å². The smallest absolute Gasteiger partial charge is 0.235 e. The van der Waals surface area contributed by atoms with Crippen LogP contribution in [0.4, 0.5) is 5.69 Å². The normalized spacial score (nSPS) is 16.9. The lowest BCUT2D eigenvalue weighted by Gasteiger charge is -2.36. The Hall–Kier alpha value is -2.29. The van der Waals surface area contributed by atoms with Gasteiger partial charge in [0.25, 0.3) is 0 Å². The van der Waals surface area contributed by atoms with E-state index in [1.165, 1.54) is 12.0 Å². The van der Waals surface area contributed by atoms with Gasteiger partial charge in [0.1, 0.15) is 5.75 Å². The van der Waals surface area contributed by atoms with Crippen molar-refractivity contribution in [2.75, 3.05) is 5.32 Å². The highest BCUT2D eigenvalue weighted by Gasteiger charge is 2.41. The average Bonchev–Trinajstić information content (AvgIpc) is 2.71. The van der Waals surface area contributed by atoms with E-state index >= 15 is 0 Å². The Balaban J connectivity index is 1.87. The molecule has 0 spiro atoms. The molecule has 2 aromatic carbocycles. The molecule has 1 saturated carbocycles. The fourth-order valence-corrected chi connectivity index (χ4v) is 4.42. The summed E-state index contributed by atoms with van der Waals surface area (Å²) in [6.45, 7) is 10.4. The Kier molecular flexibility index (Phi) is 6.66. The van der Waals surface area contributed by atoms with Gasteiger partial charge >= 0.3 is 0 Å². The SMILES string of the molecule is CC[C@H](C)Oc1c(C)cc(NC(=O)C2(c3ccc(C)cc3)CCCCC2)cc1C. The number of aryl methyl sites for hydroxylation is 3. The number of ether oxygens (including phenoxy) is 1. The number of hydrogen-bond donors (Lipinski definition) is 1. The number of anilines is 1. The molecule has 3 rings (SSSR count). The summed E-state index contributed by atoms with van der Waals surface area (Å²) in [6, 6.07) is 12.6. The van der Waals surface area contributed by atoms with E-state index in [0.717, 1.165) is 60.2 Å². The van der Waals surface area contributed by atoms with Gasteiger partial charge < -0.3 is 10.1 Å². The van der Waals surface area contributed by atoms with Crippen LogP contribution in [-0.2, 0) is 10.2 Å². The van der Waals surface area contributed by atoms with Gasteiger partial charge in [-0.15, -0.1) is 0 Å². The third-order valence-corrected chi connectivity index (χ3v) is 6.36. The van der Waals surface area contributed by atoms with E-state index in [9.17, 15) is 4.79 Å². The molecule has 0 saturated heterocycles. The van der Waals surface area contributed by atoms with Crippen LogP contribution in [-0.4, -0.2) is 12.0 Å². The predicted molar refractivity (Wildman–Crippen MR) is 121 cm³/mol. The summed E-state index contributed by atoms with van der Waals surface area (Å²) in [6.07, 6.45) is 6.38. The van der Waals surface area contributed by atoms with Crippen molar-refractivity contribution in [3.63, 3.8) is 0 Å². The van der Waals surface area contributed by atoms with Crippen LogP contribution in [0.3, 0.4) is 0 Å². The van der Waals surface area contributed by atoms with Crippen LogP contribution in [0, 0.1) is 20.8 Å². The highest BCUT2D eigenvalue weighted by Crippen LogP contribution is 2.41. The van der Waals surface area contributed by atoms with Crippen LogP contribution >= 0.6 is 0 Å². The molecule has 2 aromatic rings. The van der Waals surface area contributed by atoms with Crippen molar-refractivity contribution in [3.8, 4) is 5.75 Å². The van der Waals surface area contributed by atoms with Crippen LogP contribution in [0.2, 0.25) is 0 Å². The molecule has 1 aliphatic rings. The summed E-state index contributed by atoms with van der Waals surface area (Å²) in [7, 11) is 0. The number of carbonyl (C=O) groups is 1. The van der Waals surface area contributed by atoms with Crippen molar-refractivity contribution in [3.05, 3.63) is 58.7 Å². The molecule has 0 bridgehead atoms. The molecule has 1 amide bonds. The fourth-order valence-electron chi connectivity index (χ4n) is 4.42. The summed E-state index contributed by atoms with van der Waals surface area (Å²) in [5.74, 6) is 1.05. The van der Waals surface area contributed by atoms with Crippen LogP contribution in [0.1, 0.15) is 74.6 Å². The van der Waals surface area contributed by atoms with E-state index in [1.54, 1.807) is 0 Å². The minimum absolute atomic E-state index is 0.121. The van der Waals surface area contributed by atoms with Gasteiger partial charge in [-0.05, 0) is 75.8 Å². The van der Waals surface area contributed by atoms with Crippen LogP contribution < -0.4 is 10.1 Å². The molecule has 0 aromatic heterocycles. The second kappa shape index (κ2) is 9.02. The molecule has 1 atom stereocenters. The van der Waals surface area contributed by atoms with Crippen LogP contribution in [0.5, 0.6) is 5.75 Å². The van der Waals surface area contributed by atoms with Gasteiger partial charge in [0.15, 0.2) is 0 Å². The molecule has 0 radical (unpaired) electrons. The van der Waals surface area contributed by atoms with E-state index < -0.39 is 5.41 Å². The van der Waals surface area contributed by atoms with Crippen molar-refractivity contribution < 1.29 is 9.53 Å². The highest BCUT2D eigenvalue weighted by atomic mass is 16.5. The molecule has 156 valence electrons. The molecule has 1 aliphatic carbocycles.